The van der Waals surface area contributed by atoms with Gasteiger partial charge in [0.2, 0.25) is 0 Å². The Balaban J connectivity index is 4.32. The summed E-state index contributed by atoms with van der Waals surface area (Å²) in [5.74, 6) is 0.0358. The zero-order valence-electron chi connectivity index (χ0n) is 9.15. The fourth-order valence-corrected chi connectivity index (χ4v) is 0.447. The molecule has 0 radical (unpaired) electrons. The van der Waals surface area contributed by atoms with Crippen molar-refractivity contribution in [3.63, 3.8) is 0 Å². The molecule has 0 atom stereocenters. The summed E-state index contributed by atoms with van der Waals surface area (Å²) in [7, 11) is 0. The van der Waals surface area contributed by atoms with E-state index in [1.807, 2.05) is 0 Å². The number of rotatable bonds is 5. The Kier molecular flexibility index (Phi) is 3.61. The maximum atomic E-state index is 7.30. The first-order chi connectivity index (χ1) is 6.09. The molecule has 0 heterocycles. The van der Waals surface area contributed by atoms with Crippen LogP contribution in [0.4, 0.5) is 0 Å². The molecule has 14 heavy (non-hydrogen) atoms. The standard InChI is InChI=1S/C8H20N6/c1-7(2,5(9)10)13-14-8(3,4)6(11)12/h13-14H,1-4H3,(H3,9,10)(H3,11,12). The van der Waals surface area contributed by atoms with Gasteiger partial charge in [0.05, 0.1) is 11.1 Å². The predicted molar refractivity (Wildman–Crippen MR) is 58.3 cm³/mol. The average Bonchev–Trinajstić information content (AvgIpc) is 2.01. The number of hydrogen-bond acceptors (Lipinski definition) is 4. The minimum atomic E-state index is -0.660. The van der Waals surface area contributed by atoms with E-state index >= 15 is 0 Å². The van der Waals surface area contributed by atoms with Crippen LogP contribution in [0.25, 0.3) is 0 Å². The summed E-state index contributed by atoms with van der Waals surface area (Å²) in [4.78, 5) is 0. The number of nitrogens with one attached hydrogen (secondary N) is 4. The SMILES string of the molecule is CC(C)(NNC(C)(C)C(=N)N)C(=N)N. The summed E-state index contributed by atoms with van der Waals surface area (Å²) in [6, 6.07) is 0. The Morgan fingerprint density at radius 3 is 1.21 bits per heavy atom. The molecule has 0 bridgehead atoms. The molecule has 6 heteroatoms. The molecule has 6 nitrogen and oxygen atoms in total. The van der Waals surface area contributed by atoms with Gasteiger partial charge in [0.25, 0.3) is 0 Å². The van der Waals surface area contributed by atoms with E-state index < -0.39 is 11.1 Å². The summed E-state index contributed by atoms with van der Waals surface area (Å²) in [5, 5.41) is 14.6. The van der Waals surface area contributed by atoms with Gasteiger partial charge in [-0.1, -0.05) is 0 Å². The molecule has 0 aliphatic carbocycles. The predicted octanol–water partition coefficient (Wildman–Crippen LogP) is -0.490. The van der Waals surface area contributed by atoms with Gasteiger partial charge in [0.1, 0.15) is 11.7 Å². The largest absolute Gasteiger partial charge is 0.386 e. The van der Waals surface area contributed by atoms with Crippen LogP contribution in [-0.4, -0.2) is 22.7 Å². The van der Waals surface area contributed by atoms with Crippen molar-refractivity contribution in [3.05, 3.63) is 0 Å². The maximum absolute atomic E-state index is 7.30. The van der Waals surface area contributed by atoms with Crippen LogP contribution in [0, 0.1) is 10.8 Å². The first kappa shape index (κ1) is 12.9. The third kappa shape index (κ3) is 3.31. The first-order valence-corrected chi connectivity index (χ1v) is 4.33. The Morgan fingerprint density at radius 2 is 1.07 bits per heavy atom. The van der Waals surface area contributed by atoms with Gasteiger partial charge >= 0.3 is 0 Å². The minimum Gasteiger partial charge on any atom is -0.386 e. The van der Waals surface area contributed by atoms with Crippen LogP contribution < -0.4 is 22.3 Å². The smallest absolute Gasteiger partial charge is 0.112 e. The molecule has 0 amide bonds. The van der Waals surface area contributed by atoms with E-state index in [0.717, 1.165) is 0 Å². The van der Waals surface area contributed by atoms with Crippen LogP contribution in [0.5, 0.6) is 0 Å². The van der Waals surface area contributed by atoms with E-state index in [9.17, 15) is 0 Å². The lowest BCUT2D eigenvalue weighted by Gasteiger charge is -2.32. The molecule has 0 spiro atoms. The van der Waals surface area contributed by atoms with Crippen molar-refractivity contribution in [1.82, 2.24) is 10.9 Å². The van der Waals surface area contributed by atoms with Crippen LogP contribution in [0.15, 0.2) is 0 Å². The molecule has 0 aromatic carbocycles. The van der Waals surface area contributed by atoms with Crippen molar-refractivity contribution in [3.8, 4) is 0 Å². The second kappa shape index (κ2) is 3.93. The lowest BCUT2D eigenvalue weighted by Crippen LogP contribution is -2.64. The fourth-order valence-electron chi connectivity index (χ4n) is 0.447. The summed E-state index contributed by atoms with van der Waals surface area (Å²) >= 11 is 0. The zero-order chi connectivity index (χ0) is 11.6. The normalized spacial score (nSPS) is 12.6. The highest BCUT2D eigenvalue weighted by atomic mass is 15.4. The highest BCUT2D eigenvalue weighted by Crippen LogP contribution is 2.03. The third-order valence-electron chi connectivity index (χ3n) is 2.03. The van der Waals surface area contributed by atoms with Gasteiger partial charge in [-0.25, -0.2) is 10.9 Å². The molecular weight excluding hydrogens is 180 g/mol. The summed E-state index contributed by atoms with van der Waals surface area (Å²) < 4.78 is 0. The van der Waals surface area contributed by atoms with Gasteiger partial charge in [-0.15, -0.1) is 0 Å². The van der Waals surface area contributed by atoms with Crippen LogP contribution in [0.1, 0.15) is 27.7 Å². The zero-order valence-corrected chi connectivity index (χ0v) is 9.15. The molecule has 0 saturated heterocycles. The monoisotopic (exact) mass is 200 g/mol. The average molecular weight is 200 g/mol. The highest BCUT2D eigenvalue weighted by Gasteiger charge is 2.27. The van der Waals surface area contributed by atoms with E-state index in [1.165, 1.54) is 0 Å². The Morgan fingerprint density at radius 1 is 0.857 bits per heavy atom. The molecule has 0 aromatic rings. The Hall–Kier alpha value is -1.14. The maximum Gasteiger partial charge on any atom is 0.112 e. The number of amidine groups is 2. The summed E-state index contributed by atoms with van der Waals surface area (Å²) in [5.41, 5.74) is 15.1. The molecule has 0 aliphatic heterocycles. The fraction of sp³-hybridized carbons (Fsp3) is 0.750. The quantitative estimate of drug-likeness (QED) is 0.203. The summed E-state index contributed by atoms with van der Waals surface area (Å²) in [6.07, 6.45) is 0. The Labute approximate surface area is 84.4 Å². The molecule has 0 saturated carbocycles. The van der Waals surface area contributed by atoms with E-state index in [2.05, 4.69) is 10.9 Å². The molecular formula is C8H20N6. The van der Waals surface area contributed by atoms with Crippen molar-refractivity contribution in [2.75, 3.05) is 0 Å². The van der Waals surface area contributed by atoms with E-state index in [1.54, 1.807) is 27.7 Å². The highest BCUT2D eigenvalue weighted by molar-refractivity contribution is 5.87. The second-order valence-corrected chi connectivity index (χ2v) is 4.33. The molecule has 82 valence electrons. The van der Waals surface area contributed by atoms with Crippen molar-refractivity contribution < 1.29 is 0 Å². The molecule has 0 unspecified atom stereocenters. The van der Waals surface area contributed by atoms with Crippen molar-refractivity contribution in [2.24, 2.45) is 11.5 Å². The van der Waals surface area contributed by atoms with Gasteiger partial charge in [-0.2, -0.15) is 0 Å². The van der Waals surface area contributed by atoms with Crippen LogP contribution in [0.3, 0.4) is 0 Å². The number of hydrazine groups is 1. The van der Waals surface area contributed by atoms with Gasteiger partial charge < -0.3 is 11.5 Å². The van der Waals surface area contributed by atoms with E-state index in [-0.39, 0.29) is 11.7 Å². The van der Waals surface area contributed by atoms with Crippen molar-refractivity contribution in [1.29, 1.82) is 10.8 Å². The van der Waals surface area contributed by atoms with Gasteiger partial charge in [-0.05, 0) is 27.7 Å². The summed E-state index contributed by atoms with van der Waals surface area (Å²) in [6.45, 7) is 7.05. The number of nitrogens with two attached hydrogens (primary N) is 2. The molecule has 8 N–H and O–H groups in total. The van der Waals surface area contributed by atoms with Gasteiger partial charge in [0, 0.05) is 0 Å². The van der Waals surface area contributed by atoms with Crippen molar-refractivity contribution in [2.45, 2.75) is 38.8 Å². The van der Waals surface area contributed by atoms with E-state index in [0.29, 0.717) is 0 Å². The first-order valence-electron chi connectivity index (χ1n) is 4.33. The third-order valence-corrected chi connectivity index (χ3v) is 2.03. The Bertz CT molecular complexity index is 216. The van der Waals surface area contributed by atoms with Crippen LogP contribution >= 0.6 is 0 Å². The lowest BCUT2D eigenvalue weighted by atomic mass is 10.0. The number of hydrogen-bond donors (Lipinski definition) is 6. The van der Waals surface area contributed by atoms with Gasteiger partial charge in [0.15, 0.2) is 0 Å². The molecule has 0 aliphatic rings. The topological polar surface area (TPSA) is 124 Å². The van der Waals surface area contributed by atoms with Gasteiger partial charge in [-0.3, -0.25) is 10.8 Å². The second-order valence-electron chi connectivity index (χ2n) is 4.33. The van der Waals surface area contributed by atoms with Crippen molar-refractivity contribution >= 4 is 11.7 Å². The minimum absolute atomic E-state index is 0.0179. The van der Waals surface area contributed by atoms with Crippen LogP contribution in [0.2, 0.25) is 0 Å². The van der Waals surface area contributed by atoms with E-state index in [4.69, 9.17) is 22.3 Å². The molecule has 0 rings (SSSR count). The molecule has 0 aromatic heterocycles. The van der Waals surface area contributed by atoms with Crippen LogP contribution in [-0.2, 0) is 0 Å². The lowest BCUT2D eigenvalue weighted by molar-refractivity contribution is 0.342. The molecule has 0 fully saturated rings.